The number of nitrogens with zero attached hydrogens (tertiary/aromatic N) is 1. The molecule has 1 aliphatic rings. The molecular formula is C16H24N2O3. The molecule has 2 N–H and O–H groups in total. The van der Waals surface area contributed by atoms with E-state index in [4.69, 9.17) is 4.74 Å². The van der Waals surface area contributed by atoms with Crippen LogP contribution in [0.2, 0.25) is 0 Å². The molecule has 5 nitrogen and oxygen atoms in total. The van der Waals surface area contributed by atoms with Crippen LogP contribution in [0.3, 0.4) is 0 Å². The van der Waals surface area contributed by atoms with Crippen molar-refractivity contribution in [1.82, 2.24) is 5.32 Å². The first-order valence-electron chi connectivity index (χ1n) is 7.49. The maximum absolute atomic E-state index is 11.2. The van der Waals surface area contributed by atoms with Crippen molar-refractivity contribution < 1.29 is 14.6 Å². The van der Waals surface area contributed by atoms with E-state index >= 15 is 0 Å². The Morgan fingerprint density at radius 2 is 2.38 bits per heavy atom. The Hall–Kier alpha value is -1.75. The number of hydrogen-bond acceptors (Lipinski definition) is 4. The third-order valence-corrected chi connectivity index (χ3v) is 4.02. The number of anilines is 1. The zero-order chi connectivity index (χ0) is 15.2. The number of hydrogen-bond donors (Lipinski definition) is 2. The van der Waals surface area contributed by atoms with Gasteiger partial charge in [0.05, 0.1) is 7.11 Å². The van der Waals surface area contributed by atoms with Crippen LogP contribution in [-0.4, -0.2) is 43.9 Å². The fourth-order valence-electron chi connectivity index (χ4n) is 2.92. The lowest BCUT2D eigenvalue weighted by Crippen LogP contribution is -2.38. The third-order valence-electron chi connectivity index (χ3n) is 4.02. The Morgan fingerprint density at radius 3 is 3.05 bits per heavy atom. The van der Waals surface area contributed by atoms with Crippen molar-refractivity contribution >= 4 is 11.7 Å². The molecule has 1 heterocycles. The Balaban J connectivity index is 1.94. The lowest BCUT2D eigenvalue weighted by molar-refractivity contribution is -0.139. The molecule has 5 heteroatoms. The Morgan fingerprint density at radius 1 is 1.57 bits per heavy atom. The fraction of sp³-hybridized carbons (Fsp3) is 0.562. The number of aliphatic carboxylic acids is 1. The van der Waals surface area contributed by atoms with Crippen molar-refractivity contribution in [2.45, 2.75) is 25.8 Å². The minimum atomic E-state index is -0.753. The second kappa shape index (κ2) is 7.31. The van der Waals surface area contributed by atoms with E-state index in [-0.39, 0.29) is 0 Å². The quantitative estimate of drug-likeness (QED) is 0.804. The summed E-state index contributed by atoms with van der Waals surface area (Å²) in [6.45, 7) is 4.50. The number of ether oxygens (including phenoxy) is 1. The summed E-state index contributed by atoms with van der Waals surface area (Å²) in [6.07, 6.45) is 1.72. The van der Waals surface area contributed by atoms with Gasteiger partial charge in [0.1, 0.15) is 11.8 Å². The molecule has 0 spiro atoms. The van der Waals surface area contributed by atoms with Crippen LogP contribution in [0.15, 0.2) is 24.3 Å². The number of rotatable bonds is 7. The molecule has 21 heavy (non-hydrogen) atoms. The van der Waals surface area contributed by atoms with Gasteiger partial charge in [-0.25, -0.2) is 0 Å². The van der Waals surface area contributed by atoms with Crippen molar-refractivity contribution in [3.8, 4) is 5.75 Å². The molecule has 2 unspecified atom stereocenters. The first-order chi connectivity index (χ1) is 10.1. The normalized spacial score (nSPS) is 19.5. The minimum absolute atomic E-state index is 0.413. The average Bonchev–Trinajstić information content (AvgIpc) is 2.95. The summed E-state index contributed by atoms with van der Waals surface area (Å²) in [5, 5.41) is 12.3. The molecule has 1 saturated heterocycles. The van der Waals surface area contributed by atoms with E-state index in [1.165, 1.54) is 0 Å². The molecule has 0 aromatic heterocycles. The summed E-state index contributed by atoms with van der Waals surface area (Å²) >= 11 is 0. The van der Waals surface area contributed by atoms with Crippen LogP contribution in [0.5, 0.6) is 5.75 Å². The molecule has 2 atom stereocenters. The third kappa shape index (κ3) is 4.11. The summed E-state index contributed by atoms with van der Waals surface area (Å²) in [4.78, 5) is 13.5. The van der Waals surface area contributed by atoms with Gasteiger partial charge in [0.15, 0.2) is 0 Å². The van der Waals surface area contributed by atoms with Crippen LogP contribution in [0.1, 0.15) is 19.8 Å². The Bertz CT molecular complexity index is 478. The van der Waals surface area contributed by atoms with Crippen molar-refractivity contribution in [2.75, 3.05) is 31.6 Å². The highest BCUT2D eigenvalue weighted by molar-refractivity contribution is 5.73. The van der Waals surface area contributed by atoms with Gasteiger partial charge in [-0.15, -0.1) is 0 Å². The Labute approximate surface area is 125 Å². The van der Waals surface area contributed by atoms with Crippen molar-refractivity contribution in [2.24, 2.45) is 5.92 Å². The zero-order valence-corrected chi connectivity index (χ0v) is 12.7. The molecule has 0 amide bonds. The van der Waals surface area contributed by atoms with Crippen LogP contribution in [-0.2, 0) is 4.79 Å². The number of carboxylic acid groups (broad SMARTS) is 1. The van der Waals surface area contributed by atoms with E-state index in [1.54, 1.807) is 7.11 Å². The van der Waals surface area contributed by atoms with Gasteiger partial charge < -0.3 is 20.1 Å². The van der Waals surface area contributed by atoms with Gasteiger partial charge in [0.2, 0.25) is 0 Å². The van der Waals surface area contributed by atoms with Crippen molar-refractivity contribution in [3.05, 3.63) is 24.3 Å². The lowest BCUT2D eigenvalue weighted by atomic mass is 9.99. The van der Waals surface area contributed by atoms with Gasteiger partial charge in [-0.2, -0.15) is 0 Å². The van der Waals surface area contributed by atoms with Crippen LogP contribution in [0, 0.1) is 5.92 Å². The van der Waals surface area contributed by atoms with E-state index in [0.29, 0.717) is 18.9 Å². The molecule has 1 aromatic rings. The summed E-state index contributed by atoms with van der Waals surface area (Å²) in [6, 6.07) is 7.58. The van der Waals surface area contributed by atoms with Gasteiger partial charge in [0, 0.05) is 24.8 Å². The number of carboxylic acids is 1. The highest BCUT2D eigenvalue weighted by atomic mass is 16.5. The summed E-state index contributed by atoms with van der Waals surface area (Å²) in [7, 11) is 1.67. The Kier molecular flexibility index (Phi) is 5.44. The monoisotopic (exact) mass is 292 g/mol. The van der Waals surface area contributed by atoms with Gasteiger partial charge >= 0.3 is 5.97 Å². The average molecular weight is 292 g/mol. The van der Waals surface area contributed by atoms with Crippen LogP contribution >= 0.6 is 0 Å². The SMILES string of the molecule is CCNC(CC1CCN(c2cccc(OC)c2)C1)C(=O)O. The molecule has 0 bridgehead atoms. The number of likely N-dealkylation sites (N-methyl/N-ethyl adjacent to an activating group) is 1. The van der Waals surface area contributed by atoms with Crippen molar-refractivity contribution in [3.63, 3.8) is 0 Å². The van der Waals surface area contributed by atoms with E-state index in [1.807, 2.05) is 25.1 Å². The smallest absolute Gasteiger partial charge is 0.320 e. The molecule has 2 rings (SSSR count). The van der Waals surface area contributed by atoms with Crippen molar-refractivity contribution in [1.29, 1.82) is 0 Å². The first-order valence-corrected chi connectivity index (χ1v) is 7.49. The number of methoxy groups -OCH3 is 1. The first kappa shape index (κ1) is 15.6. The van der Waals surface area contributed by atoms with E-state index in [0.717, 1.165) is 30.9 Å². The molecule has 0 radical (unpaired) electrons. The van der Waals surface area contributed by atoms with Crippen LogP contribution < -0.4 is 15.0 Å². The fourth-order valence-corrected chi connectivity index (χ4v) is 2.92. The maximum atomic E-state index is 11.2. The standard InChI is InChI=1S/C16H24N2O3/c1-3-17-15(16(19)20)9-12-7-8-18(11-12)13-5-4-6-14(10-13)21-2/h4-6,10,12,15,17H,3,7-9,11H2,1-2H3,(H,19,20). The topological polar surface area (TPSA) is 61.8 Å². The predicted molar refractivity (Wildman–Crippen MR) is 83.0 cm³/mol. The summed E-state index contributed by atoms with van der Waals surface area (Å²) in [5.41, 5.74) is 1.15. The molecule has 0 saturated carbocycles. The number of nitrogens with one attached hydrogen (secondary N) is 1. The molecule has 116 valence electrons. The zero-order valence-electron chi connectivity index (χ0n) is 12.7. The van der Waals surface area contributed by atoms with Crippen LogP contribution in [0.4, 0.5) is 5.69 Å². The lowest BCUT2D eigenvalue weighted by Gasteiger charge is -2.21. The van der Waals surface area contributed by atoms with Gasteiger partial charge in [-0.1, -0.05) is 13.0 Å². The molecule has 1 aliphatic heterocycles. The summed E-state index contributed by atoms with van der Waals surface area (Å²) < 4.78 is 5.25. The second-order valence-corrected chi connectivity index (χ2v) is 5.49. The highest BCUT2D eigenvalue weighted by Gasteiger charge is 2.28. The van der Waals surface area contributed by atoms with E-state index in [2.05, 4.69) is 16.3 Å². The number of carbonyl (C=O) groups is 1. The molecular weight excluding hydrogens is 268 g/mol. The van der Waals surface area contributed by atoms with Gasteiger partial charge in [0.25, 0.3) is 0 Å². The largest absolute Gasteiger partial charge is 0.497 e. The molecule has 0 aliphatic carbocycles. The van der Waals surface area contributed by atoms with Crippen LogP contribution in [0.25, 0.3) is 0 Å². The predicted octanol–water partition coefficient (Wildman–Crippen LogP) is 1.97. The second-order valence-electron chi connectivity index (χ2n) is 5.49. The van der Waals surface area contributed by atoms with Gasteiger partial charge in [-0.3, -0.25) is 4.79 Å². The van der Waals surface area contributed by atoms with E-state index < -0.39 is 12.0 Å². The van der Waals surface area contributed by atoms with Gasteiger partial charge in [-0.05, 0) is 37.4 Å². The molecule has 1 aromatic carbocycles. The number of benzene rings is 1. The maximum Gasteiger partial charge on any atom is 0.320 e. The highest BCUT2D eigenvalue weighted by Crippen LogP contribution is 2.28. The minimum Gasteiger partial charge on any atom is -0.497 e. The summed E-state index contributed by atoms with van der Waals surface area (Å²) in [5.74, 6) is 0.514. The van der Waals surface area contributed by atoms with E-state index in [9.17, 15) is 9.90 Å². The molecule has 1 fully saturated rings.